The van der Waals surface area contributed by atoms with Gasteiger partial charge in [0, 0.05) is 11.4 Å². The molecule has 122 valence electrons. The van der Waals surface area contributed by atoms with E-state index in [0.29, 0.717) is 6.42 Å². The Kier molecular flexibility index (Phi) is 6.29. The van der Waals surface area contributed by atoms with E-state index in [1.54, 1.807) is 23.5 Å². The topological polar surface area (TPSA) is 55.4 Å². The predicted molar refractivity (Wildman–Crippen MR) is 86.4 cm³/mol. The van der Waals surface area contributed by atoms with Crippen molar-refractivity contribution in [3.8, 4) is 0 Å². The number of ether oxygens (including phenoxy) is 1. The van der Waals surface area contributed by atoms with E-state index in [2.05, 4.69) is 5.32 Å². The highest BCUT2D eigenvalue weighted by Crippen LogP contribution is 2.11. The molecule has 0 aliphatic heterocycles. The Balaban J connectivity index is 1.71. The van der Waals surface area contributed by atoms with Crippen molar-refractivity contribution < 1.29 is 18.7 Å². The molecule has 1 N–H and O–H groups in total. The number of esters is 1. The van der Waals surface area contributed by atoms with Crippen molar-refractivity contribution in [2.24, 2.45) is 0 Å². The van der Waals surface area contributed by atoms with Gasteiger partial charge in [0.15, 0.2) is 6.10 Å². The number of aryl methyl sites for hydroxylation is 1. The number of nitrogens with one attached hydrogen (secondary N) is 1. The largest absolute Gasteiger partial charge is 0.453 e. The van der Waals surface area contributed by atoms with Gasteiger partial charge in [0.2, 0.25) is 0 Å². The maximum Gasteiger partial charge on any atom is 0.306 e. The van der Waals surface area contributed by atoms with Crippen LogP contribution < -0.4 is 5.32 Å². The van der Waals surface area contributed by atoms with Gasteiger partial charge in [0.1, 0.15) is 5.82 Å². The quantitative estimate of drug-likeness (QED) is 0.791. The molecule has 2 aromatic rings. The SMILES string of the molecule is C[C@H](OC(=O)CCc1cccs1)C(=O)NCc1ccc(F)cc1. The number of rotatable bonds is 7. The number of hydrogen-bond donors (Lipinski definition) is 1. The van der Waals surface area contributed by atoms with E-state index in [4.69, 9.17) is 4.74 Å². The molecule has 1 heterocycles. The van der Waals surface area contributed by atoms with Gasteiger partial charge >= 0.3 is 5.97 Å². The Morgan fingerprint density at radius 2 is 2.00 bits per heavy atom. The molecule has 0 unspecified atom stereocenters. The van der Waals surface area contributed by atoms with Gasteiger partial charge in [-0.25, -0.2) is 4.39 Å². The van der Waals surface area contributed by atoms with Crippen molar-refractivity contribution in [2.45, 2.75) is 32.4 Å². The lowest BCUT2D eigenvalue weighted by molar-refractivity contribution is -0.154. The van der Waals surface area contributed by atoms with Crippen LogP contribution in [0.3, 0.4) is 0 Å². The summed E-state index contributed by atoms with van der Waals surface area (Å²) in [5.41, 5.74) is 0.774. The van der Waals surface area contributed by atoms with Crippen LogP contribution in [0.4, 0.5) is 4.39 Å². The maximum absolute atomic E-state index is 12.8. The van der Waals surface area contributed by atoms with Crippen molar-refractivity contribution in [1.29, 1.82) is 0 Å². The Bertz CT molecular complexity index is 640. The standard InChI is InChI=1S/C17H18FNO3S/c1-12(22-16(20)9-8-15-3-2-10-23-15)17(21)19-11-13-4-6-14(18)7-5-13/h2-7,10,12H,8-9,11H2,1H3,(H,19,21)/t12-/m0/s1. The zero-order chi connectivity index (χ0) is 16.7. The van der Waals surface area contributed by atoms with E-state index in [1.165, 1.54) is 19.1 Å². The third-order valence-electron chi connectivity index (χ3n) is 3.21. The second-order valence-electron chi connectivity index (χ2n) is 5.06. The summed E-state index contributed by atoms with van der Waals surface area (Å²) in [6.07, 6.45) is 0.00236. The molecular formula is C17H18FNO3S. The van der Waals surface area contributed by atoms with Crippen molar-refractivity contribution in [3.63, 3.8) is 0 Å². The Hall–Kier alpha value is -2.21. The second kappa shape index (κ2) is 8.43. The van der Waals surface area contributed by atoms with E-state index in [0.717, 1.165) is 10.4 Å². The number of carbonyl (C=O) groups is 2. The summed E-state index contributed by atoms with van der Waals surface area (Å²) in [4.78, 5) is 24.7. The fourth-order valence-corrected chi connectivity index (χ4v) is 2.63. The minimum absolute atomic E-state index is 0.246. The fourth-order valence-electron chi connectivity index (χ4n) is 1.92. The van der Waals surface area contributed by atoms with Gasteiger partial charge in [0.25, 0.3) is 5.91 Å². The monoisotopic (exact) mass is 335 g/mol. The molecule has 1 aromatic carbocycles. The highest BCUT2D eigenvalue weighted by Gasteiger charge is 2.17. The average molecular weight is 335 g/mol. The molecular weight excluding hydrogens is 317 g/mol. The summed E-state index contributed by atoms with van der Waals surface area (Å²) in [7, 11) is 0. The zero-order valence-electron chi connectivity index (χ0n) is 12.8. The number of carbonyl (C=O) groups excluding carboxylic acids is 2. The lowest BCUT2D eigenvalue weighted by Gasteiger charge is -2.13. The summed E-state index contributed by atoms with van der Waals surface area (Å²) < 4.78 is 17.9. The van der Waals surface area contributed by atoms with E-state index >= 15 is 0 Å². The molecule has 0 fully saturated rings. The van der Waals surface area contributed by atoms with E-state index in [1.807, 2.05) is 17.5 Å². The Morgan fingerprint density at radius 3 is 2.65 bits per heavy atom. The predicted octanol–water partition coefficient (Wildman–Crippen LogP) is 3.07. The first-order chi connectivity index (χ1) is 11.0. The van der Waals surface area contributed by atoms with Crippen LogP contribution in [0.25, 0.3) is 0 Å². The molecule has 6 heteroatoms. The van der Waals surface area contributed by atoms with Gasteiger partial charge in [-0.1, -0.05) is 18.2 Å². The molecule has 2 rings (SSSR count). The minimum atomic E-state index is -0.855. The van der Waals surface area contributed by atoms with Crippen LogP contribution in [-0.2, 0) is 27.3 Å². The lowest BCUT2D eigenvalue weighted by Crippen LogP contribution is -2.35. The van der Waals surface area contributed by atoms with Crippen molar-refractivity contribution in [3.05, 3.63) is 58.0 Å². The number of halogens is 1. The van der Waals surface area contributed by atoms with Gasteiger partial charge < -0.3 is 10.1 Å². The van der Waals surface area contributed by atoms with Crippen molar-refractivity contribution in [1.82, 2.24) is 5.32 Å². The lowest BCUT2D eigenvalue weighted by atomic mass is 10.2. The number of thiophene rings is 1. The second-order valence-corrected chi connectivity index (χ2v) is 6.09. The molecule has 0 bridgehead atoms. The first-order valence-electron chi connectivity index (χ1n) is 7.28. The molecule has 0 saturated heterocycles. The van der Waals surface area contributed by atoms with Gasteiger partial charge in [-0.3, -0.25) is 9.59 Å². The molecule has 23 heavy (non-hydrogen) atoms. The molecule has 0 aliphatic rings. The van der Waals surface area contributed by atoms with Gasteiger partial charge in [0.05, 0.1) is 6.42 Å². The van der Waals surface area contributed by atoms with Crippen LogP contribution in [0, 0.1) is 5.82 Å². The number of benzene rings is 1. The van der Waals surface area contributed by atoms with Gasteiger partial charge in [-0.2, -0.15) is 0 Å². The normalized spacial score (nSPS) is 11.7. The van der Waals surface area contributed by atoms with Crippen molar-refractivity contribution in [2.75, 3.05) is 0 Å². The van der Waals surface area contributed by atoms with Crippen molar-refractivity contribution >= 4 is 23.2 Å². The van der Waals surface area contributed by atoms with Crippen LogP contribution >= 0.6 is 11.3 Å². The fraction of sp³-hybridized carbons (Fsp3) is 0.294. The molecule has 0 aliphatic carbocycles. The summed E-state index contributed by atoms with van der Waals surface area (Å²) in [6, 6.07) is 9.72. The summed E-state index contributed by atoms with van der Waals surface area (Å²) in [5.74, 6) is -1.10. The Morgan fingerprint density at radius 1 is 1.26 bits per heavy atom. The van der Waals surface area contributed by atoms with Gasteiger partial charge in [-0.05, 0) is 42.5 Å². The summed E-state index contributed by atoms with van der Waals surface area (Å²) in [5, 5.41) is 4.61. The van der Waals surface area contributed by atoms with E-state index < -0.39 is 12.1 Å². The highest BCUT2D eigenvalue weighted by atomic mass is 32.1. The van der Waals surface area contributed by atoms with E-state index in [9.17, 15) is 14.0 Å². The summed E-state index contributed by atoms with van der Waals surface area (Å²) >= 11 is 1.58. The average Bonchev–Trinajstić information content (AvgIpc) is 3.05. The molecule has 0 radical (unpaired) electrons. The number of hydrogen-bond acceptors (Lipinski definition) is 4. The summed E-state index contributed by atoms with van der Waals surface area (Å²) in [6.45, 7) is 1.79. The van der Waals surface area contributed by atoms with Crippen LogP contribution in [0.1, 0.15) is 23.8 Å². The van der Waals surface area contributed by atoms with Crippen LogP contribution in [0.15, 0.2) is 41.8 Å². The van der Waals surface area contributed by atoms with Crippen LogP contribution in [0.5, 0.6) is 0 Å². The first-order valence-corrected chi connectivity index (χ1v) is 8.16. The maximum atomic E-state index is 12.8. The zero-order valence-corrected chi connectivity index (χ0v) is 13.6. The highest BCUT2D eigenvalue weighted by molar-refractivity contribution is 7.09. The third kappa shape index (κ3) is 5.83. The molecule has 4 nitrogen and oxygen atoms in total. The van der Waals surface area contributed by atoms with E-state index in [-0.39, 0.29) is 24.7 Å². The molecule has 1 atom stereocenters. The number of amides is 1. The molecule has 0 spiro atoms. The minimum Gasteiger partial charge on any atom is -0.453 e. The first kappa shape index (κ1) is 17.1. The smallest absolute Gasteiger partial charge is 0.306 e. The molecule has 1 amide bonds. The van der Waals surface area contributed by atoms with Crippen LogP contribution in [0.2, 0.25) is 0 Å². The molecule has 0 saturated carbocycles. The molecule has 1 aromatic heterocycles. The van der Waals surface area contributed by atoms with Gasteiger partial charge in [-0.15, -0.1) is 11.3 Å². The Labute approximate surface area is 138 Å². The third-order valence-corrected chi connectivity index (χ3v) is 4.15. The van der Waals surface area contributed by atoms with Crippen LogP contribution in [-0.4, -0.2) is 18.0 Å².